The second kappa shape index (κ2) is 13.5. The number of hydrogen-bond donors (Lipinski definition) is 1. The van der Waals surface area contributed by atoms with E-state index in [0.29, 0.717) is 13.0 Å². The van der Waals surface area contributed by atoms with Gasteiger partial charge in [-0.1, -0.05) is 71.4 Å². The summed E-state index contributed by atoms with van der Waals surface area (Å²) in [5.41, 5.74) is 1.63. The largest absolute Gasteiger partial charge is 0.354 e. The SMILES string of the molecule is CCCNC(=O)C(Cc1ccccc1)N(Cc1cccc(Br)c1)C(=O)CN(c1cccc(F)c1)S(C)(=O)=O. The number of rotatable bonds is 12. The molecule has 0 aliphatic carbocycles. The van der Waals surface area contributed by atoms with E-state index in [-0.39, 0.29) is 24.6 Å². The first-order chi connectivity index (χ1) is 18.1. The third-order valence-electron chi connectivity index (χ3n) is 5.84. The molecule has 0 saturated carbocycles. The minimum Gasteiger partial charge on any atom is -0.354 e. The Labute approximate surface area is 231 Å². The minimum absolute atomic E-state index is 0.0262. The number of sulfonamides is 1. The molecule has 7 nitrogen and oxygen atoms in total. The standard InChI is InChI=1S/C28H31BrFN3O4S/c1-3-15-31-28(35)26(17-21-9-5-4-6-10-21)32(19-22-11-7-12-23(29)16-22)27(34)20-33(38(2,36)37)25-14-8-13-24(30)18-25/h4-14,16,18,26H,3,15,17,19-20H2,1-2H3,(H,31,35). The number of halogens is 2. The van der Waals surface area contributed by atoms with Crippen LogP contribution in [0.4, 0.5) is 10.1 Å². The second-order valence-corrected chi connectivity index (χ2v) is 11.7. The van der Waals surface area contributed by atoms with Gasteiger partial charge < -0.3 is 10.2 Å². The summed E-state index contributed by atoms with van der Waals surface area (Å²) in [6.07, 6.45) is 1.90. The van der Waals surface area contributed by atoms with Gasteiger partial charge in [-0.15, -0.1) is 0 Å². The fraction of sp³-hybridized carbons (Fsp3) is 0.286. The smallest absolute Gasteiger partial charge is 0.244 e. The van der Waals surface area contributed by atoms with E-state index in [1.165, 1.54) is 23.1 Å². The van der Waals surface area contributed by atoms with Crippen LogP contribution in [0.5, 0.6) is 0 Å². The number of carbonyl (C=O) groups excluding carboxylic acids is 2. The van der Waals surface area contributed by atoms with Crippen LogP contribution in [0.1, 0.15) is 24.5 Å². The van der Waals surface area contributed by atoms with Crippen molar-refractivity contribution in [2.75, 3.05) is 23.7 Å². The topological polar surface area (TPSA) is 86.8 Å². The summed E-state index contributed by atoms with van der Waals surface area (Å²) in [6, 6.07) is 20.8. The molecule has 3 aromatic rings. The highest BCUT2D eigenvalue weighted by Crippen LogP contribution is 2.22. The van der Waals surface area contributed by atoms with Crippen molar-refractivity contribution in [2.24, 2.45) is 0 Å². The summed E-state index contributed by atoms with van der Waals surface area (Å²) in [5.74, 6) is -1.56. The molecule has 0 spiro atoms. The molecular weight excluding hydrogens is 573 g/mol. The van der Waals surface area contributed by atoms with Crippen LogP contribution in [-0.2, 0) is 32.6 Å². The van der Waals surface area contributed by atoms with Gasteiger partial charge in [-0.25, -0.2) is 12.8 Å². The van der Waals surface area contributed by atoms with Gasteiger partial charge in [0, 0.05) is 24.0 Å². The van der Waals surface area contributed by atoms with Gasteiger partial charge in [0.05, 0.1) is 11.9 Å². The molecule has 0 heterocycles. The third kappa shape index (κ3) is 8.39. The first kappa shape index (κ1) is 29.3. The van der Waals surface area contributed by atoms with Crippen molar-refractivity contribution < 1.29 is 22.4 Å². The van der Waals surface area contributed by atoms with Crippen molar-refractivity contribution in [2.45, 2.75) is 32.4 Å². The van der Waals surface area contributed by atoms with E-state index in [9.17, 15) is 22.4 Å². The van der Waals surface area contributed by atoms with Crippen LogP contribution in [-0.4, -0.2) is 50.5 Å². The Bertz CT molecular complexity index is 1350. The van der Waals surface area contributed by atoms with E-state index in [2.05, 4.69) is 21.2 Å². The summed E-state index contributed by atoms with van der Waals surface area (Å²) < 4.78 is 41.0. The fourth-order valence-electron chi connectivity index (χ4n) is 4.00. The van der Waals surface area contributed by atoms with Crippen LogP contribution < -0.4 is 9.62 Å². The maximum absolute atomic E-state index is 14.0. The Morgan fingerprint density at radius 2 is 1.66 bits per heavy atom. The average molecular weight is 605 g/mol. The molecule has 1 atom stereocenters. The molecule has 0 saturated heterocycles. The lowest BCUT2D eigenvalue weighted by atomic mass is 10.0. The molecule has 0 aliphatic rings. The molecule has 0 aromatic heterocycles. The summed E-state index contributed by atoms with van der Waals surface area (Å²) in [6.45, 7) is 1.83. The van der Waals surface area contributed by atoms with Gasteiger partial charge in [0.1, 0.15) is 18.4 Å². The molecule has 0 fully saturated rings. The van der Waals surface area contributed by atoms with Crippen LogP contribution in [0.15, 0.2) is 83.3 Å². The minimum atomic E-state index is -3.95. The zero-order chi connectivity index (χ0) is 27.7. The predicted octanol–water partition coefficient (Wildman–Crippen LogP) is 4.52. The highest BCUT2D eigenvalue weighted by atomic mass is 79.9. The van der Waals surface area contributed by atoms with Gasteiger partial charge >= 0.3 is 0 Å². The van der Waals surface area contributed by atoms with Gasteiger partial charge in [0.15, 0.2) is 0 Å². The third-order valence-corrected chi connectivity index (χ3v) is 7.47. The number of amides is 2. The van der Waals surface area contributed by atoms with Gasteiger partial charge in [-0.3, -0.25) is 13.9 Å². The van der Waals surface area contributed by atoms with Crippen molar-refractivity contribution in [3.05, 3.63) is 100 Å². The lowest BCUT2D eigenvalue weighted by molar-refractivity contribution is -0.140. The lowest BCUT2D eigenvalue weighted by Crippen LogP contribution is -2.53. The molecule has 1 N–H and O–H groups in total. The van der Waals surface area contributed by atoms with Gasteiger partial charge in [0.2, 0.25) is 21.8 Å². The molecule has 0 aliphatic heterocycles. The molecule has 3 aromatic carbocycles. The Hall–Kier alpha value is -3.24. The molecule has 202 valence electrons. The fourth-order valence-corrected chi connectivity index (χ4v) is 5.29. The Kier molecular flexibility index (Phi) is 10.4. The van der Waals surface area contributed by atoms with Crippen LogP contribution in [0.3, 0.4) is 0 Å². The summed E-state index contributed by atoms with van der Waals surface area (Å²) in [5, 5.41) is 2.88. The van der Waals surface area contributed by atoms with Gasteiger partial charge in [0.25, 0.3) is 0 Å². The van der Waals surface area contributed by atoms with Crippen LogP contribution in [0, 0.1) is 5.82 Å². The first-order valence-electron chi connectivity index (χ1n) is 12.2. The monoisotopic (exact) mass is 603 g/mol. The Morgan fingerprint density at radius 1 is 0.974 bits per heavy atom. The zero-order valence-electron chi connectivity index (χ0n) is 21.3. The number of benzene rings is 3. The highest BCUT2D eigenvalue weighted by molar-refractivity contribution is 9.10. The molecule has 3 rings (SSSR count). The molecule has 1 unspecified atom stereocenters. The number of anilines is 1. The lowest BCUT2D eigenvalue weighted by Gasteiger charge is -2.33. The maximum Gasteiger partial charge on any atom is 0.244 e. The normalized spacial score (nSPS) is 12.0. The van der Waals surface area contributed by atoms with Crippen molar-refractivity contribution in [1.29, 1.82) is 0 Å². The Balaban J connectivity index is 2.04. The van der Waals surface area contributed by atoms with Gasteiger partial charge in [-0.05, 0) is 47.9 Å². The molecule has 0 radical (unpaired) electrons. The molecule has 38 heavy (non-hydrogen) atoms. The van der Waals surface area contributed by atoms with Crippen LogP contribution in [0.2, 0.25) is 0 Å². The number of hydrogen-bond acceptors (Lipinski definition) is 4. The molecule has 2 amide bonds. The molecular formula is C28H31BrFN3O4S. The van der Waals surface area contributed by atoms with E-state index < -0.39 is 34.3 Å². The number of nitrogens with one attached hydrogen (secondary N) is 1. The average Bonchev–Trinajstić information content (AvgIpc) is 2.87. The van der Waals surface area contributed by atoms with Crippen molar-refractivity contribution >= 4 is 43.5 Å². The molecule has 0 bridgehead atoms. The summed E-state index contributed by atoms with van der Waals surface area (Å²) in [4.78, 5) is 28.7. The zero-order valence-corrected chi connectivity index (χ0v) is 23.7. The predicted molar refractivity (Wildman–Crippen MR) is 151 cm³/mol. The maximum atomic E-state index is 14.0. The van der Waals surface area contributed by atoms with E-state index in [0.717, 1.165) is 32.2 Å². The summed E-state index contributed by atoms with van der Waals surface area (Å²) in [7, 11) is -3.95. The Morgan fingerprint density at radius 3 is 2.29 bits per heavy atom. The van der Waals surface area contributed by atoms with Crippen LogP contribution in [0.25, 0.3) is 0 Å². The first-order valence-corrected chi connectivity index (χ1v) is 14.8. The number of carbonyl (C=O) groups is 2. The van der Waals surface area contributed by atoms with E-state index in [1.807, 2.05) is 61.5 Å². The summed E-state index contributed by atoms with van der Waals surface area (Å²) >= 11 is 3.44. The number of nitrogens with zero attached hydrogens (tertiary/aromatic N) is 2. The second-order valence-electron chi connectivity index (χ2n) is 8.90. The van der Waals surface area contributed by atoms with Crippen molar-refractivity contribution in [3.63, 3.8) is 0 Å². The van der Waals surface area contributed by atoms with E-state index >= 15 is 0 Å². The van der Waals surface area contributed by atoms with Crippen molar-refractivity contribution in [1.82, 2.24) is 10.2 Å². The van der Waals surface area contributed by atoms with Crippen molar-refractivity contribution in [3.8, 4) is 0 Å². The highest BCUT2D eigenvalue weighted by Gasteiger charge is 2.33. The quantitative estimate of drug-likeness (QED) is 0.330. The van der Waals surface area contributed by atoms with Crippen LogP contribution >= 0.6 is 15.9 Å². The van der Waals surface area contributed by atoms with E-state index in [4.69, 9.17) is 0 Å². The van der Waals surface area contributed by atoms with E-state index in [1.54, 1.807) is 0 Å². The van der Waals surface area contributed by atoms with Gasteiger partial charge in [-0.2, -0.15) is 0 Å². The molecule has 10 heteroatoms.